The number of nitrogens with one attached hydrogen (secondary N) is 4. The standard InChI is InChI=1S/C25H33N7/c1-15-7-6-8-16(2)21(15)29-22-19-14-26-24(30-23(19)32(5)31-22)28-18-10-9-17-11-12-27-25(3,4)20(17)13-18/h6-9,13-14,18,24,26-28H,10-12H2,1-5H3,(H,29,31). The predicted octanol–water partition coefficient (Wildman–Crippen LogP) is 2.01. The first kappa shape index (κ1) is 21.0. The summed E-state index contributed by atoms with van der Waals surface area (Å²) in [5, 5.41) is 19.9. The summed E-state index contributed by atoms with van der Waals surface area (Å²) in [7, 11) is 1.95. The second-order valence-corrected chi connectivity index (χ2v) is 9.56. The molecule has 1 fully saturated rings. The zero-order chi connectivity index (χ0) is 22.5. The quantitative estimate of drug-likeness (QED) is 0.596. The zero-order valence-corrected chi connectivity index (χ0v) is 19.6. The number of hydrogen-bond acceptors (Lipinski definition) is 6. The molecule has 32 heavy (non-hydrogen) atoms. The molecule has 7 heteroatoms. The van der Waals surface area contributed by atoms with Gasteiger partial charge < -0.3 is 16.0 Å². The molecule has 0 bridgehead atoms. The van der Waals surface area contributed by atoms with Crippen molar-refractivity contribution in [3.05, 3.63) is 63.3 Å². The Bertz CT molecular complexity index is 1210. The highest BCUT2D eigenvalue weighted by molar-refractivity contribution is 5.65. The molecular formula is C25H33N7. The number of fused-ring (bicyclic) bond motifs is 2. The van der Waals surface area contributed by atoms with Gasteiger partial charge in [-0.15, -0.1) is 0 Å². The second kappa shape index (κ2) is 7.90. The Labute approximate surface area is 189 Å². The van der Waals surface area contributed by atoms with Crippen molar-refractivity contribution < 1.29 is 0 Å². The van der Waals surface area contributed by atoms with Gasteiger partial charge in [0.05, 0.1) is 5.22 Å². The van der Waals surface area contributed by atoms with E-state index in [9.17, 15) is 0 Å². The van der Waals surface area contributed by atoms with Gasteiger partial charge in [0.25, 0.3) is 0 Å². The van der Waals surface area contributed by atoms with Gasteiger partial charge in [0, 0.05) is 30.5 Å². The van der Waals surface area contributed by atoms with Crippen molar-refractivity contribution in [1.82, 2.24) is 25.7 Å². The molecule has 0 amide bonds. The maximum Gasteiger partial charge on any atom is 0.176 e. The van der Waals surface area contributed by atoms with Crippen LogP contribution >= 0.6 is 0 Å². The van der Waals surface area contributed by atoms with E-state index in [1.807, 2.05) is 17.9 Å². The topological polar surface area (TPSA) is 78.3 Å². The first-order chi connectivity index (χ1) is 15.3. The Morgan fingerprint density at radius 3 is 2.75 bits per heavy atom. The van der Waals surface area contributed by atoms with Crippen LogP contribution in [0.2, 0.25) is 0 Å². The van der Waals surface area contributed by atoms with Crippen molar-refractivity contribution in [2.45, 2.75) is 58.4 Å². The number of anilines is 2. The Kier molecular flexibility index (Phi) is 5.18. The van der Waals surface area contributed by atoms with E-state index >= 15 is 0 Å². The molecule has 0 saturated carbocycles. The molecule has 1 aromatic heterocycles. The van der Waals surface area contributed by atoms with Crippen LogP contribution in [0.1, 0.15) is 37.8 Å². The molecule has 1 saturated heterocycles. The van der Waals surface area contributed by atoms with E-state index in [0.717, 1.165) is 41.6 Å². The second-order valence-electron chi connectivity index (χ2n) is 9.56. The Morgan fingerprint density at radius 2 is 1.97 bits per heavy atom. The maximum atomic E-state index is 4.93. The number of aromatic nitrogens is 2. The van der Waals surface area contributed by atoms with Crippen LogP contribution in [-0.4, -0.2) is 34.2 Å². The van der Waals surface area contributed by atoms with Gasteiger partial charge in [0.15, 0.2) is 17.6 Å². The molecule has 0 spiro atoms. The van der Waals surface area contributed by atoms with Gasteiger partial charge in [-0.25, -0.2) is 9.67 Å². The minimum Gasteiger partial charge on any atom is -0.357 e. The van der Waals surface area contributed by atoms with Crippen LogP contribution in [0.15, 0.2) is 46.5 Å². The third-order valence-electron chi connectivity index (χ3n) is 6.75. The molecule has 2 aromatic rings. The molecule has 2 aliphatic heterocycles. The number of para-hydroxylation sites is 1. The lowest BCUT2D eigenvalue weighted by Gasteiger charge is -2.39. The summed E-state index contributed by atoms with van der Waals surface area (Å²) >= 11 is 0. The Balaban J connectivity index is 1.38. The smallest absolute Gasteiger partial charge is 0.176 e. The van der Waals surface area contributed by atoms with E-state index in [2.05, 4.69) is 79.3 Å². The molecule has 7 nitrogen and oxygen atoms in total. The molecule has 3 aliphatic rings. The minimum atomic E-state index is -0.192. The number of piperidine rings is 1. The van der Waals surface area contributed by atoms with Crippen LogP contribution in [0.5, 0.6) is 0 Å². The maximum absolute atomic E-state index is 4.93. The largest absolute Gasteiger partial charge is 0.357 e. The molecule has 1 aromatic carbocycles. The lowest BCUT2D eigenvalue weighted by atomic mass is 9.78. The van der Waals surface area contributed by atoms with Crippen molar-refractivity contribution in [2.75, 3.05) is 11.9 Å². The van der Waals surface area contributed by atoms with Gasteiger partial charge in [-0.05, 0) is 69.4 Å². The molecule has 2 atom stereocenters. The fourth-order valence-corrected chi connectivity index (χ4v) is 4.97. The molecular weight excluding hydrogens is 398 g/mol. The average Bonchev–Trinajstić information content (AvgIpc) is 3.06. The van der Waals surface area contributed by atoms with Crippen molar-refractivity contribution in [3.63, 3.8) is 0 Å². The van der Waals surface area contributed by atoms with Crippen molar-refractivity contribution in [2.24, 2.45) is 12.0 Å². The molecule has 0 radical (unpaired) electrons. The highest BCUT2D eigenvalue weighted by Crippen LogP contribution is 2.33. The van der Waals surface area contributed by atoms with E-state index in [1.54, 1.807) is 0 Å². The lowest BCUT2D eigenvalue weighted by molar-refractivity contribution is 0.402. The molecule has 4 N–H and O–H groups in total. The summed E-state index contributed by atoms with van der Waals surface area (Å²) in [6.07, 6.45) is 8.70. The van der Waals surface area contributed by atoms with E-state index in [0.29, 0.717) is 0 Å². The van der Waals surface area contributed by atoms with Crippen molar-refractivity contribution in [1.29, 1.82) is 0 Å². The van der Waals surface area contributed by atoms with Crippen LogP contribution in [0.4, 0.5) is 11.5 Å². The predicted molar refractivity (Wildman–Crippen MR) is 129 cm³/mol. The number of rotatable bonds is 4. The first-order valence-electron chi connectivity index (χ1n) is 11.4. The minimum absolute atomic E-state index is 0.0111. The number of hydrogen-bond donors (Lipinski definition) is 4. The van der Waals surface area contributed by atoms with E-state index in [1.165, 1.54) is 22.3 Å². The normalized spacial score (nSPS) is 23.5. The monoisotopic (exact) mass is 431 g/mol. The molecule has 1 aliphatic carbocycles. The van der Waals surface area contributed by atoms with Gasteiger partial charge in [-0.3, -0.25) is 5.32 Å². The third-order valence-corrected chi connectivity index (χ3v) is 6.75. The Morgan fingerprint density at radius 1 is 1.19 bits per heavy atom. The van der Waals surface area contributed by atoms with Crippen LogP contribution in [-0.2, 0) is 7.05 Å². The highest BCUT2D eigenvalue weighted by Gasteiger charge is 2.32. The summed E-state index contributed by atoms with van der Waals surface area (Å²) in [6.45, 7) is 9.79. The van der Waals surface area contributed by atoms with E-state index in [-0.39, 0.29) is 17.9 Å². The number of aryl methyl sites for hydroxylation is 3. The molecule has 5 rings (SSSR count). The SMILES string of the molecule is Cc1cccc(C)c1Nc1nn(C)c2c1=CNC(NC1C=C3C(=CC1)CCNC3(C)C)N=2. The first-order valence-corrected chi connectivity index (χ1v) is 11.4. The number of benzene rings is 1. The highest BCUT2D eigenvalue weighted by atomic mass is 15.4. The van der Waals surface area contributed by atoms with Crippen molar-refractivity contribution >= 4 is 17.7 Å². The zero-order valence-electron chi connectivity index (χ0n) is 19.6. The van der Waals surface area contributed by atoms with Gasteiger partial charge >= 0.3 is 0 Å². The van der Waals surface area contributed by atoms with Gasteiger partial charge in [-0.2, -0.15) is 5.10 Å². The van der Waals surface area contributed by atoms with Crippen LogP contribution in [0, 0.1) is 13.8 Å². The van der Waals surface area contributed by atoms with Gasteiger partial charge in [0.1, 0.15) is 0 Å². The lowest BCUT2D eigenvalue weighted by Crippen LogP contribution is -2.52. The van der Waals surface area contributed by atoms with Gasteiger partial charge in [0.2, 0.25) is 0 Å². The summed E-state index contributed by atoms with van der Waals surface area (Å²) in [6, 6.07) is 6.54. The van der Waals surface area contributed by atoms with Gasteiger partial charge in [-0.1, -0.05) is 30.4 Å². The summed E-state index contributed by atoms with van der Waals surface area (Å²) in [4.78, 5) is 4.93. The summed E-state index contributed by atoms with van der Waals surface area (Å²) in [5.74, 6) is 0.817. The average molecular weight is 432 g/mol. The summed E-state index contributed by atoms with van der Waals surface area (Å²) < 4.78 is 1.85. The van der Waals surface area contributed by atoms with Crippen LogP contribution < -0.4 is 32.0 Å². The van der Waals surface area contributed by atoms with E-state index < -0.39 is 0 Å². The Hall–Kier alpha value is -2.90. The fraction of sp³-hybridized carbons (Fsp3) is 0.440. The molecule has 2 unspecified atom stereocenters. The number of nitrogens with zero attached hydrogens (tertiary/aromatic N) is 3. The van der Waals surface area contributed by atoms with E-state index in [4.69, 9.17) is 10.1 Å². The van der Waals surface area contributed by atoms with Crippen LogP contribution in [0.25, 0.3) is 6.20 Å². The molecule has 168 valence electrons. The summed E-state index contributed by atoms with van der Waals surface area (Å²) in [5.41, 5.74) is 7.27. The third kappa shape index (κ3) is 3.76. The molecule has 3 heterocycles. The van der Waals surface area contributed by atoms with Crippen molar-refractivity contribution in [3.8, 4) is 0 Å². The fourth-order valence-electron chi connectivity index (χ4n) is 4.97. The van der Waals surface area contributed by atoms with Crippen LogP contribution in [0.3, 0.4) is 0 Å².